The molecular formula is C14H14N4O4S. The summed E-state index contributed by atoms with van der Waals surface area (Å²) < 4.78 is 0. The maximum Gasteiger partial charge on any atom is 0.271 e. The van der Waals surface area contributed by atoms with E-state index < -0.39 is 4.92 Å². The topological polar surface area (TPSA) is 118 Å². The summed E-state index contributed by atoms with van der Waals surface area (Å²) in [5.74, 6) is -0.329. The van der Waals surface area contributed by atoms with Gasteiger partial charge in [0.1, 0.15) is 0 Å². The van der Waals surface area contributed by atoms with Crippen LogP contribution in [0.4, 0.5) is 11.4 Å². The van der Waals surface area contributed by atoms with E-state index in [1.54, 1.807) is 19.9 Å². The van der Waals surface area contributed by atoms with Crippen LogP contribution >= 0.6 is 11.8 Å². The fourth-order valence-corrected chi connectivity index (χ4v) is 2.42. The number of aromatic nitrogens is 2. The van der Waals surface area contributed by atoms with Crippen LogP contribution in [-0.4, -0.2) is 26.6 Å². The van der Waals surface area contributed by atoms with Crippen LogP contribution in [-0.2, 0) is 4.79 Å². The molecule has 0 atom stereocenters. The number of aromatic amines is 1. The monoisotopic (exact) mass is 334 g/mol. The highest BCUT2D eigenvalue weighted by Crippen LogP contribution is 2.18. The van der Waals surface area contributed by atoms with Crippen molar-refractivity contribution in [3.05, 3.63) is 56.0 Å². The number of hydrogen-bond donors (Lipinski definition) is 2. The van der Waals surface area contributed by atoms with Crippen molar-refractivity contribution in [2.24, 2.45) is 0 Å². The van der Waals surface area contributed by atoms with Gasteiger partial charge in [-0.1, -0.05) is 17.8 Å². The number of rotatable bonds is 5. The zero-order chi connectivity index (χ0) is 17.0. The predicted molar refractivity (Wildman–Crippen MR) is 86.8 cm³/mol. The fourth-order valence-electron chi connectivity index (χ4n) is 1.72. The number of benzene rings is 1. The van der Waals surface area contributed by atoms with E-state index >= 15 is 0 Å². The van der Waals surface area contributed by atoms with E-state index in [-0.39, 0.29) is 22.9 Å². The second-order valence-corrected chi connectivity index (χ2v) is 5.69. The molecule has 9 heteroatoms. The standard InChI is InChI=1S/C14H14N4O4S/c1-8-9(2)15-14(17-13(8)20)23-7-12(19)16-10-4-3-5-11(6-10)18(21)22/h3-6H,7H2,1-2H3,(H,16,19)(H,15,17,20). The molecular weight excluding hydrogens is 320 g/mol. The molecule has 2 aromatic rings. The second kappa shape index (κ2) is 7.05. The molecule has 0 radical (unpaired) electrons. The van der Waals surface area contributed by atoms with Crippen molar-refractivity contribution in [1.82, 2.24) is 9.97 Å². The van der Waals surface area contributed by atoms with Gasteiger partial charge in [-0.25, -0.2) is 4.98 Å². The second-order valence-electron chi connectivity index (χ2n) is 4.73. The number of amides is 1. The number of nitro groups is 1. The number of thioether (sulfide) groups is 1. The number of non-ortho nitro benzene ring substituents is 1. The third kappa shape index (κ3) is 4.39. The Balaban J connectivity index is 1.99. The summed E-state index contributed by atoms with van der Waals surface area (Å²) in [4.78, 5) is 40.4. The predicted octanol–water partition coefficient (Wildman–Crippen LogP) is 2.03. The number of carbonyl (C=O) groups excluding carboxylic acids is 1. The Morgan fingerprint density at radius 3 is 2.83 bits per heavy atom. The minimum Gasteiger partial charge on any atom is -0.325 e. The van der Waals surface area contributed by atoms with Gasteiger partial charge in [-0.15, -0.1) is 0 Å². The van der Waals surface area contributed by atoms with Crippen molar-refractivity contribution >= 4 is 29.0 Å². The molecule has 8 nitrogen and oxygen atoms in total. The molecule has 0 spiro atoms. The molecule has 0 aliphatic carbocycles. The Hall–Kier alpha value is -2.68. The molecule has 120 valence electrons. The summed E-state index contributed by atoms with van der Waals surface area (Å²) in [6, 6.07) is 5.67. The first-order chi connectivity index (χ1) is 10.9. The molecule has 0 aliphatic heterocycles. The molecule has 0 saturated carbocycles. The van der Waals surface area contributed by atoms with Gasteiger partial charge in [0.15, 0.2) is 5.16 Å². The summed E-state index contributed by atoms with van der Waals surface area (Å²) in [5, 5.41) is 13.6. The van der Waals surface area contributed by atoms with Gasteiger partial charge < -0.3 is 10.3 Å². The van der Waals surface area contributed by atoms with E-state index in [0.717, 1.165) is 11.8 Å². The molecule has 2 N–H and O–H groups in total. The van der Waals surface area contributed by atoms with Crippen molar-refractivity contribution in [3.8, 4) is 0 Å². The Morgan fingerprint density at radius 1 is 1.43 bits per heavy atom. The lowest BCUT2D eigenvalue weighted by molar-refractivity contribution is -0.384. The fraction of sp³-hybridized carbons (Fsp3) is 0.214. The van der Waals surface area contributed by atoms with Gasteiger partial charge >= 0.3 is 0 Å². The van der Waals surface area contributed by atoms with Crippen LogP contribution in [0.25, 0.3) is 0 Å². The highest BCUT2D eigenvalue weighted by atomic mass is 32.2. The summed E-state index contributed by atoms with van der Waals surface area (Å²) in [7, 11) is 0. The van der Waals surface area contributed by atoms with Gasteiger partial charge in [0.2, 0.25) is 5.91 Å². The molecule has 1 heterocycles. The molecule has 0 saturated heterocycles. The Kier molecular flexibility index (Phi) is 5.12. The lowest BCUT2D eigenvalue weighted by Gasteiger charge is -2.06. The average Bonchev–Trinajstić information content (AvgIpc) is 2.50. The summed E-state index contributed by atoms with van der Waals surface area (Å²) in [6.07, 6.45) is 0. The molecule has 23 heavy (non-hydrogen) atoms. The van der Waals surface area contributed by atoms with Crippen molar-refractivity contribution in [2.75, 3.05) is 11.1 Å². The number of anilines is 1. The Morgan fingerprint density at radius 2 is 2.17 bits per heavy atom. The lowest BCUT2D eigenvalue weighted by atomic mass is 10.3. The van der Waals surface area contributed by atoms with Gasteiger partial charge in [0.25, 0.3) is 11.2 Å². The van der Waals surface area contributed by atoms with E-state index in [4.69, 9.17) is 0 Å². The first kappa shape index (κ1) is 16.7. The number of aryl methyl sites for hydroxylation is 1. The van der Waals surface area contributed by atoms with Crippen LogP contribution in [0, 0.1) is 24.0 Å². The van der Waals surface area contributed by atoms with E-state index in [0.29, 0.717) is 22.1 Å². The number of nitrogens with one attached hydrogen (secondary N) is 2. The van der Waals surface area contributed by atoms with Gasteiger partial charge in [0.05, 0.1) is 10.7 Å². The molecule has 1 aromatic carbocycles. The Labute approximate surface area is 135 Å². The van der Waals surface area contributed by atoms with Crippen LogP contribution in [0.5, 0.6) is 0 Å². The number of H-pyrrole nitrogens is 1. The molecule has 0 aliphatic rings. The van der Waals surface area contributed by atoms with Crippen LogP contribution in [0.3, 0.4) is 0 Å². The van der Waals surface area contributed by atoms with Crippen LogP contribution in [0.15, 0.2) is 34.2 Å². The van der Waals surface area contributed by atoms with Crippen LogP contribution in [0.1, 0.15) is 11.3 Å². The van der Waals surface area contributed by atoms with E-state index in [9.17, 15) is 19.7 Å². The largest absolute Gasteiger partial charge is 0.325 e. The zero-order valence-electron chi connectivity index (χ0n) is 12.5. The quantitative estimate of drug-likeness (QED) is 0.374. The zero-order valence-corrected chi connectivity index (χ0v) is 13.3. The number of hydrogen-bond acceptors (Lipinski definition) is 6. The van der Waals surface area contributed by atoms with Gasteiger partial charge in [0, 0.05) is 29.1 Å². The maximum absolute atomic E-state index is 11.9. The van der Waals surface area contributed by atoms with E-state index in [1.165, 1.54) is 18.2 Å². The van der Waals surface area contributed by atoms with Gasteiger partial charge in [-0.05, 0) is 19.9 Å². The van der Waals surface area contributed by atoms with Gasteiger partial charge in [-0.3, -0.25) is 19.7 Å². The minimum atomic E-state index is -0.534. The lowest BCUT2D eigenvalue weighted by Crippen LogP contribution is -2.17. The normalized spacial score (nSPS) is 10.3. The van der Waals surface area contributed by atoms with Crippen molar-refractivity contribution in [1.29, 1.82) is 0 Å². The first-order valence-electron chi connectivity index (χ1n) is 6.61. The number of carbonyl (C=O) groups is 1. The summed E-state index contributed by atoms with van der Waals surface area (Å²) >= 11 is 1.08. The molecule has 0 unspecified atom stereocenters. The molecule has 1 aromatic heterocycles. The highest BCUT2D eigenvalue weighted by molar-refractivity contribution is 7.99. The first-order valence-corrected chi connectivity index (χ1v) is 7.60. The van der Waals surface area contributed by atoms with E-state index in [1.807, 2.05) is 0 Å². The Bertz CT molecular complexity index is 819. The van der Waals surface area contributed by atoms with Gasteiger partial charge in [-0.2, -0.15) is 0 Å². The molecule has 0 fully saturated rings. The van der Waals surface area contributed by atoms with Crippen molar-refractivity contribution < 1.29 is 9.72 Å². The number of nitrogens with zero attached hydrogens (tertiary/aromatic N) is 2. The average molecular weight is 334 g/mol. The third-order valence-electron chi connectivity index (χ3n) is 3.05. The van der Waals surface area contributed by atoms with E-state index in [2.05, 4.69) is 15.3 Å². The maximum atomic E-state index is 11.9. The van der Waals surface area contributed by atoms with Crippen molar-refractivity contribution in [2.45, 2.75) is 19.0 Å². The van der Waals surface area contributed by atoms with Crippen LogP contribution in [0.2, 0.25) is 0 Å². The SMILES string of the molecule is Cc1nc(SCC(=O)Nc2cccc([N+](=O)[O-])c2)[nH]c(=O)c1C. The smallest absolute Gasteiger partial charge is 0.271 e. The summed E-state index contributed by atoms with van der Waals surface area (Å²) in [6.45, 7) is 3.39. The van der Waals surface area contributed by atoms with Crippen LogP contribution < -0.4 is 10.9 Å². The molecule has 2 rings (SSSR count). The molecule has 1 amide bonds. The summed E-state index contributed by atoms with van der Waals surface area (Å²) in [5.41, 5.74) is 1.15. The molecule has 0 bridgehead atoms. The third-order valence-corrected chi connectivity index (χ3v) is 3.93. The number of nitro benzene ring substituents is 1. The minimum absolute atomic E-state index is 0.0220. The van der Waals surface area contributed by atoms with Crippen molar-refractivity contribution in [3.63, 3.8) is 0 Å². The highest BCUT2D eigenvalue weighted by Gasteiger charge is 2.10.